The van der Waals surface area contributed by atoms with Crippen molar-refractivity contribution < 1.29 is 4.74 Å². The molecule has 0 radical (unpaired) electrons. The van der Waals surface area contributed by atoms with Crippen LogP contribution in [0, 0.1) is 13.8 Å². The van der Waals surface area contributed by atoms with Gasteiger partial charge in [0.25, 0.3) is 0 Å². The molecule has 4 heteroatoms. The molecule has 13 aromatic carbocycles. The van der Waals surface area contributed by atoms with Crippen LogP contribution in [0.1, 0.15) is 36.1 Å². The first kappa shape index (κ1) is 43.7. The van der Waals surface area contributed by atoms with Gasteiger partial charge in [0.1, 0.15) is 0 Å². The van der Waals surface area contributed by atoms with Crippen molar-refractivity contribution in [1.82, 2.24) is 0 Å². The molecule has 0 aromatic heterocycles. The average molecular weight is 986 g/mol. The summed E-state index contributed by atoms with van der Waals surface area (Å²) in [6, 6.07) is 87.8. The number of anilines is 9. The van der Waals surface area contributed by atoms with Crippen LogP contribution in [-0.4, -0.2) is 0 Å². The molecule has 364 valence electrons. The molecule has 16 rings (SSSR count). The molecule has 0 fully saturated rings. The van der Waals surface area contributed by atoms with Crippen LogP contribution in [0.3, 0.4) is 0 Å². The average Bonchev–Trinajstić information content (AvgIpc) is 3.81. The van der Waals surface area contributed by atoms with E-state index in [-0.39, 0.29) is 5.41 Å². The molecular formula is C73H51N3O. The fraction of sp³-hybridized carbons (Fsp3) is 0.0685. The molecular weight excluding hydrogens is 935 g/mol. The van der Waals surface area contributed by atoms with Gasteiger partial charge in [-0.25, -0.2) is 0 Å². The number of benzene rings is 13. The third-order valence-electron chi connectivity index (χ3n) is 17.2. The van der Waals surface area contributed by atoms with Gasteiger partial charge in [-0.1, -0.05) is 172 Å². The summed E-state index contributed by atoms with van der Waals surface area (Å²) >= 11 is 0. The lowest BCUT2D eigenvalue weighted by atomic mass is 9.82. The number of fused-ring (bicyclic) bond motifs is 15. The smallest absolute Gasteiger partial charge is 0.152 e. The number of hydrogen-bond donors (Lipinski definition) is 0. The van der Waals surface area contributed by atoms with Gasteiger partial charge in [-0.15, -0.1) is 0 Å². The van der Waals surface area contributed by atoms with Crippen LogP contribution in [0.4, 0.5) is 51.2 Å². The summed E-state index contributed by atoms with van der Waals surface area (Å²) in [5.74, 6) is 1.64. The minimum absolute atomic E-state index is 0.148. The van der Waals surface area contributed by atoms with Gasteiger partial charge in [0.15, 0.2) is 11.5 Å². The largest absolute Gasteiger partial charge is 0.453 e. The molecule has 77 heavy (non-hydrogen) atoms. The summed E-state index contributed by atoms with van der Waals surface area (Å²) in [7, 11) is 0. The van der Waals surface area contributed by atoms with Crippen molar-refractivity contribution in [2.24, 2.45) is 0 Å². The van der Waals surface area contributed by atoms with Crippen molar-refractivity contribution in [1.29, 1.82) is 0 Å². The standard InChI is InChI=1S/C73H51N3O/c1-44-36-67-68(37-45(44)2)76(64-27-15-19-46-16-7-8-20-53(46)64)69-38-49(28-34-65(69)74(67)51-30-32-58-56-23-10-9-21-54(56)55-22-11-12-24-57(55)61(58)42-51)50-29-35-66-71(41-50)77-72-40-48-18-6-5-17-47(48)39-70(72)75(66)52-31-33-60-59-25-13-14-26-62(59)73(3,4)63(60)43-52/h5-43H,1-4H3. The van der Waals surface area contributed by atoms with E-state index in [1.807, 2.05) is 0 Å². The molecule has 2 heterocycles. The topological polar surface area (TPSA) is 19.0 Å². The lowest BCUT2D eigenvalue weighted by Crippen LogP contribution is -2.24. The van der Waals surface area contributed by atoms with E-state index in [0.29, 0.717) is 0 Å². The van der Waals surface area contributed by atoms with Gasteiger partial charge in [-0.2, -0.15) is 0 Å². The second kappa shape index (κ2) is 16.2. The molecule has 0 bridgehead atoms. The zero-order valence-corrected chi connectivity index (χ0v) is 43.3. The van der Waals surface area contributed by atoms with Crippen molar-refractivity contribution in [3.63, 3.8) is 0 Å². The van der Waals surface area contributed by atoms with Crippen molar-refractivity contribution in [2.75, 3.05) is 14.7 Å². The molecule has 0 atom stereocenters. The van der Waals surface area contributed by atoms with Crippen molar-refractivity contribution in [3.8, 4) is 33.8 Å². The summed E-state index contributed by atoms with van der Waals surface area (Å²) < 4.78 is 7.11. The third kappa shape index (κ3) is 6.39. The van der Waals surface area contributed by atoms with E-state index >= 15 is 0 Å². The summed E-state index contributed by atoms with van der Waals surface area (Å²) in [5, 5.41) is 12.3. The van der Waals surface area contributed by atoms with Gasteiger partial charge in [-0.05, 0) is 186 Å². The van der Waals surface area contributed by atoms with E-state index in [1.54, 1.807) is 0 Å². The lowest BCUT2D eigenvalue weighted by Gasteiger charge is -2.41. The van der Waals surface area contributed by atoms with Gasteiger partial charge in [-0.3, -0.25) is 0 Å². The summed E-state index contributed by atoms with van der Waals surface area (Å²) in [5.41, 5.74) is 19.7. The minimum atomic E-state index is -0.148. The Morgan fingerprint density at radius 1 is 0.299 bits per heavy atom. The number of hydrogen-bond acceptors (Lipinski definition) is 4. The van der Waals surface area contributed by atoms with E-state index in [1.165, 1.54) is 81.9 Å². The minimum Gasteiger partial charge on any atom is -0.453 e. The highest BCUT2D eigenvalue weighted by Crippen LogP contribution is 2.59. The van der Waals surface area contributed by atoms with Gasteiger partial charge in [0.05, 0.1) is 39.8 Å². The molecule has 0 unspecified atom stereocenters. The third-order valence-corrected chi connectivity index (χ3v) is 17.2. The Morgan fingerprint density at radius 3 is 1.57 bits per heavy atom. The maximum atomic E-state index is 7.11. The Balaban J connectivity index is 0.898. The Kier molecular flexibility index (Phi) is 9.19. The van der Waals surface area contributed by atoms with Crippen LogP contribution >= 0.6 is 0 Å². The normalized spacial score (nSPS) is 13.8. The molecule has 0 amide bonds. The van der Waals surface area contributed by atoms with Gasteiger partial charge < -0.3 is 19.4 Å². The first-order chi connectivity index (χ1) is 37.7. The zero-order valence-electron chi connectivity index (χ0n) is 43.3. The van der Waals surface area contributed by atoms with E-state index in [4.69, 9.17) is 4.74 Å². The molecule has 2 aliphatic heterocycles. The second-order valence-corrected chi connectivity index (χ2v) is 21.8. The SMILES string of the molecule is Cc1cc2c(cc1C)N(c1cccc3ccccc13)c1cc(-c3ccc4c(c3)Oc3cc5ccccc5cc3N4c3ccc4c(c3)C(C)(C)c3ccccc3-4)ccc1N2c1ccc2c3ccccc3c3ccccc3c2c1. The Morgan fingerprint density at radius 2 is 0.818 bits per heavy atom. The van der Waals surface area contributed by atoms with E-state index in [9.17, 15) is 0 Å². The predicted molar refractivity (Wildman–Crippen MR) is 324 cm³/mol. The number of aryl methyl sites for hydroxylation is 2. The fourth-order valence-corrected chi connectivity index (χ4v) is 13.2. The molecule has 0 saturated carbocycles. The van der Waals surface area contributed by atoms with Crippen LogP contribution in [0.15, 0.2) is 237 Å². The van der Waals surface area contributed by atoms with Crippen molar-refractivity contribution >= 4 is 105 Å². The van der Waals surface area contributed by atoms with Crippen LogP contribution in [0.25, 0.3) is 76.1 Å². The summed E-state index contributed by atoms with van der Waals surface area (Å²) in [6.07, 6.45) is 0. The number of nitrogens with zero attached hydrogens (tertiary/aromatic N) is 3. The highest BCUT2D eigenvalue weighted by Gasteiger charge is 2.38. The maximum absolute atomic E-state index is 7.11. The van der Waals surface area contributed by atoms with E-state index < -0.39 is 0 Å². The van der Waals surface area contributed by atoms with Gasteiger partial charge in [0.2, 0.25) is 0 Å². The van der Waals surface area contributed by atoms with E-state index in [2.05, 4.69) is 279 Å². The molecule has 13 aromatic rings. The van der Waals surface area contributed by atoms with E-state index in [0.717, 1.165) is 79.2 Å². The first-order valence-electron chi connectivity index (χ1n) is 26.8. The molecule has 4 nitrogen and oxygen atoms in total. The number of rotatable bonds is 4. The van der Waals surface area contributed by atoms with Crippen molar-refractivity contribution in [2.45, 2.75) is 33.1 Å². The lowest BCUT2D eigenvalue weighted by molar-refractivity contribution is 0.478. The fourth-order valence-electron chi connectivity index (χ4n) is 13.2. The molecule has 0 saturated heterocycles. The Labute approximate surface area is 447 Å². The monoisotopic (exact) mass is 985 g/mol. The van der Waals surface area contributed by atoms with Crippen molar-refractivity contribution in [3.05, 3.63) is 259 Å². The molecule has 0 spiro atoms. The maximum Gasteiger partial charge on any atom is 0.152 e. The Hall–Kier alpha value is -9.64. The molecule has 3 aliphatic rings. The van der Waals surface area contributed by atoms with Crippen LogP contribution < -0.4 is 19.4 Å². The van der Waals surface area contributed by atoms with Crippen LogP contribution in [0.5, 0.6) is 11.5 Å². The number of ether oxygens (including phenoxy) is 1. The predicted octanol–water partition coefficient (Wildman–Crippen LogP) is 20.9. The zero-order chi connectivity index (χ0) is 51.3. The molecule has 1 aliphatic carbocycles. The van der Waals surface area contributed by atoms with Crippen LogP contribution in [0.2, 0.25) is 0 Å². The summed E-state index contributed by atoms with van der Waals surface area (Å²) in [4.78, 5) is 7.42. The van der Waals surface area contributed by atoms with Gasteiger partial charge >= 0.3 is 0 Å². The molecule has 0 N–H and O–H groups in total. The second-order valence-electron chi connectivity index (χ2n) is 21.8. The highest BCUT2D eigenvalue weighted by molar-refractivity contribution is 6.26. The highest BCUT2D eigenvalue weighted by atomic mass is 16.5. The first-order valence-corrected chi connectivity index (χ1v) is 26.8. The van der Waals surface area contributed by atoms with Gasteiger partial charge in [0, 0.05) is 22.2 Å². The van der Waals surface area contributed by atoms with Crippen LogP contribution in [-0.2, 0) is 5.41 Å². The quantitative estimate of drug-likeness (QED) is 0.164. The Bertz CT molecular complexity index is 4660. The summed E-state index contributed by atoms with van der Waals surface area (Å²) in [6.45, 7) is 9.18.